The monoisotopic (exact) mass is 439 g/mol. The second-order valence-corrected chi connectivity index (χ2v) is 6.67. The summed E-state index contributed by atoms with van der Waals surface area (Å²) in [6.45, 7) is 0.266. The number of nitrogens with zero attached hydrogens (tertiary/aromatic N) is 2. The van der Waals surface area contributed by atoms with Gasteiger partial charge >= 0.3 is 0 Å². The van der Waals surface area contributed by atoms with Gasteiger partial charge in [0.15, 0.2) is 0 Å². The van der Waals surface area contributed by atoms with Crippen molar-refractivity contribution in [1.29, 1.82) is 0 Å². The van der Waals surface area contributed by atoms with Crippen molar-refractivity contribution in [2.75, 3.05) is 7.11 Å². The highest BCUT2D eigenvalue weighted by molar-refractivity contribution is 6.31. The van der Waals surface area contributed by atoms with E-state index in [2.05, 4.69) is 10.5 Å². The lowest BCUT2D eigenvalue weighted by atomic mass is 10.1. The molecular formula is C22H18ClN3O5. The van der Waals surface area contributed by atoms with Gasteiger partial charge in [0.25, 0.3) is 11.6 Å². The topological polar surface area (TPSA) is 103 Å². The number of para-hydroxylation sites is 1. The van der Waals surface area contributed by atoms with Gasteiger partial charge in [-0.2, -0.15) is 5.10 Å². The standard InChI is InChI=1S/C22H18ClN3O5/c1-30-21-11-10-17(26(28)29)12-18(21)22(27)25-24-13-15-6-3-5-9-20(15)31-14-16-7-2-4-8-19(16)23/h2-13H,14H2,1H3,(H,25,27)/b24-13-. The predicted molar refractivity (Wildman–Crippen MR) is 117 cm³/mol. The Morgan fingerprint density at radius 1 is 1.13 bits per heavy atom. The summed E-state index contributed by atoms with van der Waals surface area (Å²) >= 11 is 6.16. The van der Waals surface area contributed by atoms with Crippen molar-refractivity contribution in [2.24, 2.45) is 5.10 Å². The number of nitro groups is 1. The molecule has 0 heterocycles. The number of hydrogen-bond donors (Lipinski definition) is 1. The van der Waals surface area contributed by atoms with Crippen LogP contribution >= 0.6 is 11.6 Å². The van der Waals surface area contributed by atoms with Crippen LogP contribution in [0.2, 0.25) is 5.02 Å². The molecule has 0 radical (unpaired) electrons. The number of non-ortho nitro benzene ring substituents is 1. The Morgan fingerprint density at radius 2 is 1.87 bits per heavy atom. The van der Waals surface area contributed by atoms with Crippen LogP contribution in [-0.4, -0.2) is 24.2 Å². The number of methoxy groups -OCH3 is 1. The number of carbonyl (C=O) groups excluding carboxylic acids is 1. The summed E-state index contributed by atoms with van der Waals surface area (Å²) in [6, 6.07) is 18.2. The Hall–Kier alpha value is -3.91. The number of benzene rings is 3. The van der Waals surface area contributed by atoms with Crippen LogP contribution in [0.4, 0.5) is 5.69 Å². The summed E-state index contributed by atoms with van der Waals surface area (Å²) in [6.07, 6.45) is 1.42. The first-order valence-corrected chi connectivity index (χ1v) is 9.48. The van der Waals surface area contributed by atoms with Crippen molar-refractivity contribution in [3.63, 3.8) is 0 Å². The van der Waals surface area contributed by atoms with Crippen LogP contribution in [0.15, 0.2) is 71.8 Å². The quantitative estimate of drug-likeness (QED) is 0.314. The fraction of sp³-hybridized carbons (Fsp3) is 0.0909. The van der Waals surface area contributed by atoms with Crippen molar-refractivity contribution in [3.8, 4) is 11.5 Å². The summed E-state index contributed by atoms with van der Waals surface area (Å²) in [4.78, 5) is 22.8. The Bertz CT molecular complexity index is 1130. The van der Waals surface area contributed by atoms with Gasteiger partial charge in [-0.25, -0.2) is 5.43 Å². The van der Waals surface area contributed by atoms with Gasteiger partial charge in [-0.1, -0.05) is 41.9 Å². The maximum absolute atomic E-state index is 12.4. The van der Waals surface area contributed by atoms with Gasteiger partial charge in [-0.3, -0.25) is 14.9 Å². The maximum atomic E-state index is 12.4. The zero-order valence-corrected chi connectivity index (χ0v) is 17.2. The minimum atomic E-state index is -0.647. The molecule has 0 aliphatic heterocycles. The molecule has 31 heavy (non-hydrogen) atoms. The summed E-state index contributed by atoms with van der Waals surface area (Å²) in [7, 11) is 1.37. The zero-order chi connectivity index (χ0) is 22.2. The normalized spacial score (nSPS) is 10.6. The third-order valence-electron chi connectivity index (χ3n) is 4.27. The Labute approximate surface area is 183 Å². The van der Waals surface area contributed by atoms with Gasteiger partial charge in [0.1, 0.15) is 18.1 Å². The average Bonchev–Trinajstić information content (AvgIpc) is 2.78. The molecular weight excluding hydrogens is 422 g/mol. The fourth-order valence-electron chi connectivity index (χ4n) is 2.70. The molecule has 3 rings (SSSR count). The van der Waals surface area contributed by atoms with Crippen molar-refractivity contribution >= 4 is 29.4 Å². The second kappa shape index (κ2) is 10.2. The molecule has 3 aromatic rings. The number of halogens is 1. The number of rotatable bonds is 8. The summed E-state index contributed by atoms with van der Waals surface area (Å²) in [5.74, 6) is 0.0985. The highest BCUT2D eigenvalue weighted by Crippen LogP contribution is 2.24. The number of nitrogens with one attached hydrogen (secondary N) is 1. The third-order valence-corrected chi connectivity index (χ3v) is 4.64. The molecule has 9 heteroatoms. The van der Waals surface area contributed by atoms with E-state index in [1.807, 2.05) is 24.3 Å². The van der Waals surface area contributed by atoms with Crippen LogP contribution in [0.25, 0.3) is 0 Å². The first-order chi connectivity index (χ1) is 15.0. The van der Waals surface area contributed by atoms with Crippen molar-refractivity contribution in [2.45, 2.75) is 6.61 Å². The molecule has 8 nitrogen and oxygen atoms in total. The lowest BCUT2D eigenvalue weighted by molar-refractivity contribution is -0.384. The molecule has 0 spiro atoms. The van der Waals surface area contributed by atoms with Crippen LogP contribution < -0.4 is 14.9 Å². The van der Waals surface area contributed by atoms with Crippen LogP contribution in [0.3, 0.4) is 0 Å². The van der Waals surface area contributed by atoms with E-state index in [-0.39, 0.29) is 23.6 Å². The SMILES string of the molecule is COc1ccc([N+](=O)[O-])cc1C(=O)N/N=C\c1ccccc1OCc1ccccc1Cl. The first kappa shape index (κ1) is 21.8. The Morgan fingerprint density at radius 3 is 2.61 bits per heavy atom. The van der Waals surface area contributed by atoms with Crippen LogP contribution in [0, 0.1) is 10.1 Å². The van der Waals surface area contributed by atoms with E-state index in [1.165, 1.54) is 25.5 Å². The highest BCUT2D eigenvalue weighted by Gasteiger charge is 2.17. The number of hydrazone groups is 1. The predicted octanol–water partition coefficient (Wildman–Crippen LogP) is 4.60. The van der Waals surface area contributed by atoms with E-state index in [0.717, 1.165) is 11.6 Å². The molecule has 0 aliphatic rings. The van der Waals surface area contributed by atoms with Crippen molar-refractivity contribution in [3.05, 3.63) is 98.6 Å². The Balaban J connectivity index is 1.72. The van der Waals surface area contributed by atoms with E-state index in [0.29, 0.717) is 16.3 Å². The number of carbonyl (C=O) groups is 1. The largest absolute Gasteiger partial charge is 0.496 e. The van der Waals surface area contributed by atoms with Crippen LogP contribution in [0.5, 0.6) is 11.5 Å². The summed E-state index contributed by atoms with van der Waals surface area (Å²) < 4.78 is 10.9. The summed E-state index contributed by atoms with van der Waals surface area (Å²) in [5, 5.41) is 15.5. The van der Waals surface area contributed by atoms with Crippen molar-refractivity contribution < 1.29 is 19.2 Å². The maximum Gasteiger partial charge on any atom is 0.275 e. The molecule has 0 saturated heterocycles. The summed E-state index contributed by atoms with van der Waals surface area (Å²) in [5.41, 5.74) is 3.58. The number of amides is 1. The van der Waals surface area contributed by atoms with Gasteiger partial charge in [0, 0.05) is 28.3 Å². The average molecular weight is 440 g/mol. The lowest BCUT2D eigenvalue weighted by Crippen LogP contribution is -2.18. The highest BCUT2D eigenvalue weighted by atomic mass is 35.5. The van der Waals surface area contributed by atoms with E-state index in [4.69, 9.17) is 21.1 Å². The molecule has 158 valence electrons. The van der Waals surface area contributed by atoms with Crippen molar-refractivity contribution in [1.82, 2.24) is 5.43 Å². The number of hydrogen-bond acceptors (Lipinski definition) is 6. The molecule has 0 atom stereocenters. The second-order valence-electron chi connectivity index (χ2n) is 6.26. The van der Waals surface area contributed by atoms with Crippen LogP contribution in [-0.2, 0) is 6.61 Å². The van der Waals surface area contributed by atoms with Gasteiger partial charge in [0.2, 0.25) is 0 Å². The molecule has 1 amide bonds. The molecule has 0 saturated carbocycles. The molecule has 0 fully saturated rings. The third kappa shape index (κ3) is 5.58. The Kier molecular flexibility index (Phi) is 7.18. The minimum Gasteiger partial charge on any atom is -0.496 e. The van der Waals surface area contributed by atoms with E-state index in [1.54, 1.807) is 24.3 Å². The smallest absolute Gasteiger partial charge is 0.275 e. The van der Waals surface area contributed by atoms with Gasteiger partial charge < -0.3 is 9.47 Å². The van der Waals surface area contributed by atoms with E-state index < -0.39 is 10.8 Å². The van der Waals surface area contributed by atoms with Crippen LogP contribution in [0.1, 0.15) is 21.5 Å². The molecule has 0 unspecified atom stereocenters. The van der Waals surface area contributed by atoms with E-state index in [9.17, 15) is 14.9 Å². The zero-order valence-electron chi connectivity index (χ0n) is 16.4. The lowest BCUT2D eigenvalue weighted by Gasteiger charge is -2.10. The molecule has 1 N–H and O–H groups in total. The fourth-order valence-corrected chi connectivity index (χ4v) is 2.89. The first-order valence-electron chi connectivity index (χ1n) is 9.10. The molecule has 0 aromatic heterocycles. The molecule has 0 bridgehead atoms. The van der Waals surface area contributed by atoms with E-state index >= 15 is 0 Å². The van der Waals surface area contributed by atoms with Gasteiger partial charge in [-0.05, 0) is 24.3 Å². The minimum absolute atomic E-state index is 0.00268. The van der Waals surface area contributed by atoms with Gasteiger partial charge in [0.05, 0.1) is 23.8 Å². The number of nitro benzene ring substituents is 1. The van der Waals surface area contributed by atoms with Gasteiger partial charge in [-0.15, -0.1) is 0 Å². The number of ether oxygens (including phenoxy) is 2. The molecule has 3 aromatic carbocycles. The molecule has 0 aliphatic carbocycles.